The summed E-state index contributed by atoms with van der Waals surface area (Å²) < 4.78 is 17.1. The van der Waals surface area contributed by atoms with Gasteiger partial charge >= 0.3 is 5.97 Å². The van der Waals surface area contributed by atoms with Crippen molar-refractivity contribution in [2.45, 2.75) is 65.2 Å². The number of benzene rings is 4. The minimum atomic E-state index is -0.435. The Morgan fingerprint density at radius 1 is 0.533 bits per heavy atom. The van der Waals surface area contributed by atoms with Crippen LogP contribution in [0.5, 0.6) is 17.2 Å². The van der Waals surface area contributed by atoms with Crippen molar-refractivity contribution in [2.75, 3.05) is 13.2 Å². The molecule has 4 aromatic carbocycles. The molecule has 0 saturated carbocycles. The van der Waals surface area contributed by atoms with Crippen molar-refractivity contribution in [3.8, 4) is 28.4 Å². The van der Waals surface area contributed by atoms with Crippen molar-refractivity contribution in [2.24, 2.45) is 0 Å². The molecule has 4 rings (SSSR count). The van der Waals surface area contributed by atoms with E-state index >= 15 is 0 Å². The number of hydrogen-bond acceptors (Lipinski definition) is 5. The molecule has 45 heavy (non-hydrogen) atoms. The first-order chi connectivity index (χ1) is 22.1. The molecule has 0 saturated heterocycles. The van der Waals surface area contributed by atoms with Gasteiger partial charge in [0.2, 0.25) is 0 Å². The minimum Gasteiger partial charge on any atom is -0.494 e. The van der Waals surface area contributed by atoms with Crippen LogP contribution in [0.4, 0.5) is 0 Å². The van der Waals surface area contributed by atoms with Crippen LogP contribution in [-0.2, 0) is 0 Å². The van der Waals surface area contributed by atoms with E-state index in [0.717, 1.165) is 54.1 Å². The van der Waals surface area contributed by atoms with E-state index in [4.69, 9.17) is 14.2 Å². The highest BCUT2D eigenvalue weighted by Crippen LogP contribution is 2.24. The second kappa shape index (κ2) is 18.2. The number of esters is 1. The van der Waals surface area contributed by atoms with E-state index in [0.29, 0.717) is 23.5 Å². The Hall–Kier alpha value is -4.64. The Bertz CT molecular complexity index is 1480. The number of unbranched alkanes of at least 4 members (excludes halogenated alkanes) is 6. The van der Waals surface area contributed by atoms with Gasteiger partial charge in [0.1, 0.15) is 17.2 Å². The summed E-state index contributed by atoms with van der Waals surface area (Å²) in [5.41, 5.74) is 3.99. The molecule has 0 aliphatic carbocycles. The van der Waals surface area contributed by atoms with Crippen LogP contribution in [0, 0.1) is 0 Å². The van der Waals surface area contributed by atoms with Crippen LogP contribution < -0.4 is 14.2 Å². The highest BCUT2D eigenvalue weighted by atomic mass is 16.5. The molecule has 0 radical (unpaired) electrons. The van der Waals surface area contributed by atoms with E-state index in [1.54, 1.807) is 48.6 Å². The molecule has 0 spiro atoms. The number of carbonyl (C=O) groups excluding carboxylic acids is 2. The van der Waals surface area contributed by atoms with E-state index in [9.17, 15) is 9.59 Å². The molecule has 0 aliphatic rings. The largest absolute Gasteiger partial charge is 0.494 e. The SMILES string of the molecule is CCCCCCCCOc1ccc(C(=O)Oc2ccc(/C=C/C(=O)c3ccc(-c4ccc(OCCCC)cc4)cc3)cc2)cc1. The Labute approximate surface area is 267 Å². The molecule has 0 heterocycles. The van der Waals surface area contributed by atoms with Crippen LogP contribution in [0.15, 0.2) is 103 Å². The monoisotopic (exact) mass is 604 g/mol. The molecule has 0 fully saturated rings. The summed E-state index contributed by atoms with van der Waals surface area (Å²) in [6, 6.07) is 29.7. The molecule has 5 heteroatoms. The molecule has 0 N–H and O–H groups in total. The van der Waals surface area contributed by atoms with Gasteiger partial charge in [0, 0.05) is 5.56 Å². The van der Waals surface area contributed by atoms with Gasteiger partial charge in [-0.2, -0.15) is 0 Å². The molecule has 0 unspecified atom stereocenters. The van der Waals surface area contributed by atoms with E-state index in [1.165, 1.54) is 32.1 Å². The molecule has 5 nitrogen and oxygen atoms in total. The zero-order valence-corrected chi connectivity index (χ0v) is 26.5. The smallest absolute Gasteiger partial charge is 0.343 e. The third-order valence-corrected chi connectivity index (χ3v) is 7.50. The maximum absolute atomic E-state index is 12.8. The molecule has 0 aromatic heterocycles. The van der Waals surface area contributed by atoms with Crippen molar-refractivity contribution in [1.29, 1.82) is 0 Å². The average Bonchev–Trinajstić information content (AvgIpc) is 3.08. The summed E-state index contributed by atoms with van der Waals surface area (Å²) >= 11 is 0. The topological polar surface area (TPSA) is 61.8 Å². The van der Waals surface area contributed by atoms with Gasteiger partial charge in [-0.15, -0.1) is 0 Å². The van der Waals surface area contributed by atoms with Gasteiger partial charge in [-0.3, -0.25) is 4.79 Å². The van der Waals surface area contributed by atoms with E-state index < -0.39 is 5.97 Å². The summed E-state index contributed by atoms with van der Waals surface area (Å²) in [6.45, 7) is 5.77. The molecular formula is C40H44O5. The molecule has 0 amide bonds. The number of ketones is 1. The van der Waals surface area contributed by atoms with E-state index in [2.05, 4.69) is 13.8 Å². The fourth-order valence-electron chi connectivity index (χ4n) is 4.75. The second-order valence-corrected chi connectivity index (χ2v) is 11.1. The van der Waals surface area contributed by atoms with Gasteiger partial charge in [-0.1, -0.05) is 107 Å². The number of rotatable bonds is 18. The Kier molecular flexibility index (Phi) is 13.5. The van der Waals surface area contributed by atoms with Crippen molar-refractivity contribution >= 4 is 17.8 Å². The first-order valence-electron chi connectivity index (χ1n) is 16.2. The van der Waals surface area contributed by atoms with Crippen LogP contribution in [0.25, 0.3) is 17.2 Å². The van der Waals surface area contributed by atoms with Gasteiger partial charge in [0.25, 0.3) is 0 Å². The average molecular weight is 605 g/mol. The first kappa shape index (κ1) is 33.3. The standard InChI is InChI=1S/C40H44O5/c1-3-5-7-8-9-10-30-44-37-26-20-35(21-27-37)40(42)45-38-22-11-31(12-23-38)13-28-39(41)34-16-14-32(15-17-34)33-18-24-36(25-19-33)43-29-6-4-2/h11-28H,3-10,29-30H2,1-2H3/b28-13+. The molecule has 0 bridgehead atoms. The summed E-state index contributed by atoms with van der Waals surface area (Å²) in [7, 11) is 0. The summed E-state index contributed by atoms with van der Waals surface area (Å²) in [6.07, 6.45) is 12.7. The van der Waals surface area contributed by atoms with Crippen molar-refractivity contribution in [1.82, 2.24) is 0 Å². The normalized spacial score (nSPS) is 11.0. The fraction of sp³-hybridized carbons (Fsp3) is 0.300. The van der Waals surface area contributed by atoms with Crippen molar-refractivity contribution < 1.29 is 23.8 Å². The maximum Gasteiger partial charge on any atom is 0.343 e. The highest BCUT2D eigenvalue weighted by molar-refractivity contribution is 6.07. The van der Waals surface area contributed by atoms with Gasteiger partial charge < -0.3 is 14.2 Å². The quantitative estimate of drug-likeness (QED) is 0.0372. The Morgan fingerprint density at radius 2 is 1.02 bits per heavy atom. The van der Waals surface area contributed by atoms with Crippen LogP contribution in [0.3, 0.4) is 0 Å². The van der Waals surface area contributed by atoms with Gasteiger partial charge in [0.05, 0.1) is 18.8 Å². The predicted molar refractivity (Wildman–Crippen MR) is 182 cm³/mol. The fourth-order valence-corrected chi connectivity index (χ4v) is 4.75. The number of carbonyl (C=O) groups is 2. The lowest BCUT2D eigenvalue weighted by Crippen LogP contribution is -2.08. The minimum absolute atomic E-state index is 0.0869. The van der Waals surface area contributed by atoms with Crippen LogP contribution >= 0.6 is 0 Å². The molecule has 4 aromatic rings. The van der Waals surface area contributed by atoms with Crippen LogP contribution in [-0.4, -0.2) is 25.0 Å². The summed E-state index contributed by atoms with van der Waals surface area (Å²) in [5, 5.41) is 0. The van der Waals surface area contributed by atoms with E-state index in [1.807, 2.05) is 60.7 Å². The lowest BCUT2D eigenvalue weighted by Gasteiger charge is -2.08. The highest BCUT2D eigenvalue weighted by Gasteiger charge is 2.09. The van der Waals surface area contributed by atoms with Gasteiger partial charge in [-0.25, -0.2) is 4.79 Å². The summed E-state index contributed by atoms with van der Waals surface area (Å²) in [4.78, 5) is 25.4. The molecule has 0 atom stereocenters. The van der Waals surface area contributed by atoms with Gasteiger partial charge in [-0.05, 0) is 84.1 Å². The molecule has 0 aliphatic heterocycles. The number of ether oxygens (including phenoxy) is 3. The van der Waals surface area contributed by atoms with Crippen LogP contribution in [0.1, 0.15) is 91.5 Å². The Balaban J connectivity index is 1.22. The van der Waals surface area contributed by atoms with Crippen molar-refractivity contribution in [3.05, 3.63) is 120 Å². The second-order valence-electron chi connectivity index (χ2n) is 11.1. The van der Waals surface area contributed by atoms with Gasteiger partial charge in [0.15, 0.2) is 5.78 Å². The third-order valence-electron chi connectivity index (χ3n) is 7.50. The lowest BCUT2D eigenvalue weighted by molar-refractivity contribution is 0.0734. The van der Waals surface area contributed by atoms with Crippen molar-refractivity contribution in [3.63, 3.8) is 0 Å². The number of allylic oxidation sites excluding steroid dienone is 1. The first-order valence-corrected chi connectivity index (χ1v) is 16.2. The zero-order valence-electron chi connectivity index (χ0n) is 26.5. The molecular weight excluding hydrogens is 560 g/mol. The lowest BCUT2D eigenvalue weighted by atomic mass is 10.0. The van der Waals surface area contributed by atoms with E-state index in [-0.39, 0.29) is 5.78 Å². The molecule has 234 valence electrons. The predicted octanol–water partition coefficient (Wildman–Crippen LogP) is 10.4. The van der Waals surface area contributed by atoms with Crippen LogP contribution in [0.2, 0.25) is 0 Å². The maximum atomic E-state index is 12.8. The number of hydrogen-bond donors (Lipinski definition) is 0. The summed E-state index contributed by atoms with van der Waals surface area (Å²) in [5.74, 6) is 1.53. The third kappa shape index (κ3) is 11.1. The zero-order chi connectivity index (χ0) is 31.7. The Morgan fingerprint density at radius 3 is 1.64 bits per heavy atom.